The molecule has 56 heavy (non-hydrogen) atoms. The summed E-state index contributed by atoms with van der Waals surface area (Å²) in [6.45, 7) is 0. The number of hydrogen-bond acceptors (Lipinski definition) is 4. The van der Waals surface area contributed by atoms with Gasteiger partial charge in [-0.2, -0.15) is 0 Å². The molecule has 0 aliphatic rings. The van der Waals surface area contributed by atoms with Crippen LogP contribution in [-0.2, 0) is 0 Å². The van der Waals surface area contributed by atoms with Crippen LogP contribution in [-0.4, -0.2) is 9.97 Å². The molecule has 0 atom stereocenters. The zero-order valence-electron chi connectivity index (χ0n) is 30.0. The van der Waals surface area contributed by atoms with Crippen LogP contribution in [0.5, 0.6) is 0 Å². The van der Waals surface area contributed by atoms with Gasteiger partial charge in [-0.3, -0.25) is 0 Å². The van der Waals surface area contributed by atoms with Crippen molar-refractivity contribution in [1.82, 2.24) is 9.97 Å². The molecule has 0 radical (unpaired) electrons. The van der Waals surface area contributed by atoms with E-state index in [1.54, 1.807) is 6.33 Å². The Balaban J connectivity index is 0.960. The lowest BCUT2D eigenvalue weighted by atomic mass is 9.92. The Hall–Kier alpha value is -7.56. The molecule has 3 aromatic heterocycles. The SMILES string of the molecule is c1ccc(-c2ccc(-c3ccc4oc5c(-c6cccc7oc8cc(-c9ccc%10c%11ccccc%11c%11ccccc%11c%10c9)ccc8c67)ncnc5c4c3)cc2)cc1. The van der Waals surface area contributed by atoms with Crippen LogP contribution >= 0.6 is 0 Å². The van der Waals surface area contributed by atoms with Crippen LogP contribution < -0.4 is 0 Å². The van der Waals surface area contributed by atoms with Crippen molar-refractivity contribution < 1.29 is 8.83 Å². The minimum Gasteiger partial charge on any atom is -0.456 e. The highest BCUT2D eigenvalue weighted by molar-refractivity contribution is 6.26. The molecule has 260 valence electrons. The fourth-order valence-electron chi connectivity index (χ4n) is 8.72. The second-order valence-electron chi connectivity index (χ2n) is 14.5. The van der Waals surface area contributed by atoms with E-state index in [-0.39, 0.29) is 0 Å². The minimum absolute atomic E-state index is 0.661. The third-order valence-corrected chi connectivity index (χ3v) is 11.4. The summed E-state index contributed by atoms with van der Waals surface area (Å²) < 4.78 is 13.1. The molecule has 4 heteroatoms. The summed E-state index contributed by atoms with van der Waals surface area (Å²) in [5.74, 6) is 0. The highest BCUT2D eigenvalue weighted by Crippen LogP contribution is 2.43. The molecule has 9 aromatic carbocycles. The van der Waals surface area contributed by atoms with Gasteiger partial charge in [0.15, 0.2) is 5.58 Å². The second-order valence-corrected chi connectivity index (χ2v) is 14.5. The number of nitrogens with zero attached hydrogens (tertiary/aromatic N) is 2. The summed E-state index contributed by atoms with van der Waals surface area (Å²) >= 11 is 0. The molecule has 0 aliphatic heterocycles. The Morgan fingerprint density at radius 2 is 0.875 bits per heavy atom. The molecule has 0 bridgehead atoms. The highest BCUT2D eigenvalue weighted by Gasteiger charge is 2.20. The van der Waals surface area contributed by atoms with Crippen molar-refractivity contribution >= 4 is 76.3 Å². The summed E-state index contributed by atoms with van der Waals surface area (Å²) in [7, 11) is 0. The minimum atomic E-state index is 0.661. The first-order valence-corrected chi connectivity index (χ1v) is 18.9. The maximum atomic E-state index is 6.59. The number of furan rings is 2. The summed E-state index contributed by atoms with van der Waals surface area (Å²) in [6, 6.07) is 62.3. The molecule has 12 aromatic rings. The van der Waals surface area contributed by atoms with Crippen LogP contribution in [0.2, 0.25) is 0 Å². The molecule has 0 fully saturated rings. The van der Waals surface area contributed by atoms with E-state index in [0.29, 0.717) is 5.58 Å². The van der Waals surface area contributed by atoms with Gasteiger partial charge in [0.25, 0.3) is 0 Å². The Morgan fingerprint density at radius 1 is 0.321 bits per heavy atom. The van der Waals surface area contributed by atoms with E-state index < -0.39 is 0 Å². The molecule has 0 saturated heterocycles. The smallest absolute Gasteiger partial charge is 0.180 e. The monoisotopic (exact) mass is 714 g/mol. The van der Waals surface area contributed by atoms with Crippen molar-refractivity contribution in [2.45, 2.75) is 0 Å². The highest BCUT2D eigenvalue weighted by atomic mass is 16.3. The summed E-state index contributed by atoms with van der Waals surface area (Å²) in [6.07, 6.45) is 1.64. The maximum Gasteiger partial charge on any atom is 0.180 e. The molecule has 0 amide bonds. The van der Waals surface area contributed by atoms with Gasteiger partial charge in [-0.15, -0.1) is 0 Å². The predicted octanol–water partition coefficient (Wildman–Crippen LogP) is 14.4. The first-order valence-electron chi connectivity index (χ1n) is 18.9. The topological polar surface area (TPSA) is 52.1 Å². The standard InChI is InChI=1S/C52H30N2O2/c1-2-9-31(10-3-1)32-17-19-33(20-18-32)34-23-26-46-45(28-34)51-52(56-46)50(53-30-54-51)43-15-8-16-47-49(43)42-25-22-36(29-48(42)55-47)35-21-24-41-39-13-5-4-11-37(39)38-12-6-7-14-40(38)44(41)27-35/h1-30H. The van der Waals surface area contributed by atoms with Crippen molar-refractivity contribution in [3.8, 4) is 44.6 Å². The van der Waals surface area contributed by atoms with E-state index in [4.69, 9.17) is 18.8 Å². The van der Waals surface area contributed by atoms with Gasteiger partial charge in [-0.05, 0) is 102 Å². The van der Waals surface area contributed by atoms with E-state index >= 15 is 0 Å². The normalized spacial score (nSPS) is 11.9. The average Bonchev–Trinajstić information content (AvgIpc) is 3.85. The lowest BCUT2D eigenvalue weighted by Gasteiger charge is -2.12. The predicted molar refractivity (Wildman–Crippen MR) is 231 cm³/mol. The third-order valence-electron chi connectivity index (χ3n) is 11.4. The molecule has 0 aliphatic carbocycles. The Bertz CT molecular complexity index is 3490. The van der Waals surface area contributed by atoms with Crippen LogP contribution in [0.1, 0.15) is 0 Å². The molecule has 3 heterocycles. The molecular formula is C52H30N2O2. The number of aromatic nitrogens is 2. The van der Waals surface area contributed by atoms with E-state index in [0.717, 1.165) is 71.9 Å². The van der Waals surface area contributed by atoms with E-state index in [9.17, 15) is 0 Å². The molecule has 0 saturated carbocycles. The number of fused-ring (bicyclic) bond motifs is 12. The van der Waals surface area contributed by atoms with Gasteiger partial charge in [0.2, 0.25) is 0 Å². The van der Waals surface area contributed by atoms with E-state index in [1.807, 2.05) is 24.3 Å². The van der Waals surface area contributed by atoms with Gasteiger partial charge >= 0.3 is 0 Å². The van der Waals surface area contributed by atoms with Crippen molar-refractivity contribution in [2.24, 2.45) is 0 Å². The van der Waals surface area contributed by atoms with Gasteiger partial charge in [-0.25, -0.2) is 9.97 Å². The number of benzene rings is 9. The van der Waals surface area contributed by atoms with Gasteiger partial charge in [0.1, 0.15) is 34.3 Å². The second kappa shape index (κ2) is 12.0. The van der Waals surface area contributed by atoms with Crippen molar-refractivity contribution in [1.29, 1.82) is 0 Å². The largest absolute Gasteiger partial charge is 0.456 e. The molecule has 0 N–H and O–H groups in total. The first kappa shape index (κ1) is 30.9. The fourth-order valence-corrected chi connectivity index (χ4v) is 8.72. The zero-order valence-corrected chi connectivity index (χ0v) is 30.0. The Morgan fingerprint density at radius 3 is 1.62 bits per heavy atom. The van der Waals surface area contributed by atoms with Crippen molar-refractivity contribution in [3.05, 3.63) is 182 Å². The summed E-state index contributed by atoms with van der Waals surface area (Å²) in [5.41, 5.74) is 12.4. The van der Waals surface area contributed by atoms with Gasteiger partial charge in [-0.1, -0.05) is 140 Å². The van der Waals surface area contributed by atoms with Crippen LogP contribution in [0.15, 0.2) is 191 Å². The number of rotatable bonds is 4. The van der Waals surface area contributed by atoms with Crippen LogP contribution in [0, 0.1) is 0 Å². The Kier molecular flexibility index (Phi) is 6.60. The first-order chi connectivity index (χ1) is 27.7. The molecular weight excluding hydrogens is 685 g/mol. The number of hydrogen-bond donors (Lipinski definition) is 0. The van der Waals surface area contributed by atoms with E-state index in [2.05, 4.69) is 152 Å². The zero-order chi connectivity index (χ0) is 36.7. The summed E-state index contributed by atoms with van der Waals surface area (Å²) in [4.78, 5) is 9.57. The van der Waals surface area contributed by atoms with Crippen LogP contribution in [0.4, 0.5) is 0 Å². The van der Waals surface area contributed by atoms with Crippen molar-refractivity contribution in [2.75, 3.05) is 0 Å². The van der Waals surface area contributed by atoms with Gasteiger partial charge in [0.05, 0.1) is 0 Å². The lowest BCUT2D eigenvalue weighted by Crippen LogP contribution is -1.88. The van der Waals surface area contributed by atoms with Crippen LogP contribution in [0.3, 0.4) is 0 Å². The third kappa shape index (κ3) is 4.66. The Labute approximate surface area is 320 Å². The maximum absolute atomic E-state index is 6.59. The lowest BCUT2D eigenvalue weighted by molar-refractivity contribution is 0.667. The summed E-state index contributed by atoms with van der Waals surface area (Å²) in [5, 5.41) is 10.6. The molecule has 0 unspecified atom stereocenters. The van der Waals surface area contributed by atoms with Gasteiger partial charge in [0, 0.05) is 21.7 Å². The van der Waals surface area contributed by atoms with Crippen LogP contribution in [0.25, 0.3) is 121 Å². The van der Waals surface area contributed by atoms with E-state index in [1.165, 1.54) is 43.4 Å². The quantitative estimate of drug-likeness (QED) is 0.170. The molecule has 4 nitrogen and oxygen atoms in total. The molecule has 12 rings (SSSR count). The molecule has 0 spiro atoms. The van der Waals surface area contributed by atoms with Crippen molar-refractivity contribution in [3.63, 3.8) is 0 Å². The fraction of sp³-hybridized carbons (Fsp3) is 0. The average molecular weight is 715 g/mol. The van der Waals surface area contributed by atoms with Gasteiger partial charge < -0.3 is 8.83 Å².